The summed E-state index contributed by atoms with van der Waals surface area (Å²) in [4.78, 5) is 8.34. The minimum atomic E-state index is -3.28. The van der Waals surface area contributed by atoms with Crippen molar-refractivity contribution in [2.45, 2.75) is 25.8 Å². The molecule has 0 spiro atoms. The van der Waals surface area contributed by atoms with Gasteiger partial charge in [-0.25, -0.2) is 8.42 Å². The zero-order valence-electron chi connectivity index (χ0n) is 9.91. The topological polar surface area (TPSA) is 87.0 Å². The lowest BCUT2D eigenvalue weighted by Gasteiger charge is -2.26. The summed E-state index contributed by atoms with van der Waals surface area (Å²) in [6.45, 7) is 0.735. The number of nitrogens with zero attached hydrogens (tertiary/aromatic N) is 4. The molecule has 0 N–H and O–H groups in total. The van der Waals surface area contributed by atoms with E-state index in [0.29, 0.717) is 19.4 Å². The molecule has 1 aliphatic rings. The third kappa shape index (κ3) is 2.83. The number of fused-ring (bicyclic) bond motifs is 1. The average Bonchev–Trinajstić information content (AvgIpc) is 2.38. The predicted molar refractivity (Wildman–Crippen MR) is 64.8 cm³/mol. The minimum Gasteiger partial charge on any atom is -0.258 e. The lowest BCUT2D eigenvalue weighted by Crippen LogP contribution is -2.38. The van der Waals surface area contributed by atoms with Crippen molar-refractivity contribution in [3.63, 3.8) is 0 Å². The number of hydrogen-bond acceptors (Lipinski definition) is 5. The SMILES string of the molecule is N#CCCCS(=O)(=O)N1CCc2nccnc2C1. The predicted octanol–water partition coefficient (Wildman–Crippen LogP) is 0.468. The van der Waals surface area contributed by atoms with Crippen molar-refractivity contribution in [3.05, 3.63) is 23.8 Å². The van der Waals surface area contributed by atoms with Crippen LogP contribution in [0.25, 0.3) is 0 Å². The van der Waals surface area contributed by atoms with Crippen molar-refractivity contribution in [3.8, 4) is 6.07 Å². The Balaban J connectivity index is 2.06. The van der Waals surface area contributed by atoms with Crippen LogP contribution in [0.5, 0.6) is 0 Å². The summed E-state index contributed by atoms with van der Waals surface area (Å²) in [5.74, 6) is 0.0240. The van der Waals surface area contributed by atoms with E-state index >= 15 is 0 Å². The normalized spacial score (nSPS) is 15.9. The maximum atomic E-state index is 12.0. The van der Waals surface area contributed by atoms with Crippen LogP contribution in [-0.2, 0) is 23.0 Å². The molecule has 0 atom stereocenters. The van der Waals surface area contributed by atoms with Crippen LogP contribution in [0, 0.1) is 11.3 Å². The molecule has 0 radical (unpaired) electrons. The molecule has 2 heterocycles. The number of nitriles is 1. The second-order valence-corrected chi connectivity index (χ2v) is 6.20. The van der Waals surface area contributed by atoms with Crippen LogP contribution in [0.3, 0.4) is 0 Å². The lowest BCUT2D eigenvalue weighted by atomic mass is 10.2. The standard InChI is InChI=1S/C11H14N4O2S/c12-4-1-2-8-18(16,17)15-7-3-10-11(9-15)14-6-5-13-10/h5-6H,1-3,7-9H2. The van der Waals surface area contributed by atoms with Crippen LogP contribution >= 0.6 is 0 Å². The molecule has 1 aliphatic heterocycles. The Morgan fingerprint density at radius 2 is 2.06 bits per heavy atom. The van der Waals surface area contributed by atoms with Gasteiger partial charge in [0, 0.05) is 31.8 Å². The average molecular weight is 266 g/mol. The molecule has 0 unspecified atom stereocenters. The Kier molecular flexibility index (Phi) is 3.89. The van der Waals surface area contributed by atoms with Gasteiger partial charge in [0.2, 0.25) is 10.0 Å². The highest BCUT2D eigenvalue weighted by atomic mass is 32.2. The van der Waals surface area contributed by atoms with Gasteiger partial charge in [-0.1, -0.05) is 0 Å². The summed E-state index contributed by atoms with van der Waals surface area (Å²) in [7, 11) is -3.28. The minimum absolute atomic E-state index is 0.0240. The van der Waals surface area contributed by atoms with Crippen molar-refractivity contribution in [1.82, 2.24) is 14.3 Å². The summed E-state index contributed by atoms with van der Waals surface area (Å²) < 4.78 is 25.5. The Morgan fingerprint density at radius 1 is 1.33 bits per heavy atom. The maximum absolute atomic E-state index is 12.0. The quantitative estimate of drug-likeness (QED) is 0.739. The molecule has 6 nitrogen and oxygen atoms in total. The molecule has 7 heteroatoms. The molecule has 2 rings (SSSR count). The molecule has 1 aromatic rings. The van der Waals surface area contributed by atoms with Crippen LogP contribution in [-0.4, -0.2) is 35.0 Å². The molecule has 0 aromatic carbocycles. The van der Waals surface area contributed by atoms with Crippen molar-refractivity contribution in [2.24, 2.45) is 0 Å². The smallest absolute Gasteiger partial charge is 0.214 e. The molecule has 0 bridgehead atoms. The first-order valence-electron chi connectivity index (χ1n) is 5.77. The van der Waals surface area contributed by atoms with E-state index in [9.17, 15) is 8.42 Å². The van der Waals surface area contributed by atoms with Gasteiger partial charge in [-0.3, -0.25) is 9.97 Å². The zero-order valence-corrected chi connectivity index (χ0v) is 10.7. The molecule has 0 fully saturated rings. The van der Waals surface area contributed by atoms with Gasteiger partial charge in [0.1, 0.15) is 0 Å². The fourth-order valence-electron chi connectivity index (χ4n) is 1.91. The van der Waals surface area contributed by atoms with E-state index in [-0.39, 0.29) is 18.7 Å². The van der Waals surface area contributed by atoms with E-state index in [0.717, 1.165) is 11.4 Å². The molecule has 0 saturated carbocycles. The van der Waals surface area contributed by atoms with E-state index in [2.05, 4.69) is 9.97 Å². The Morgan fingerprint density at radius 3 is 2.78 bits per heavy atom. The largest absolute Gasteiger partial charge is 0.258 e. The second kappa shape index (κ2) is 5.42. The van der Waals surface area contributed by atoms with Gasteiger partial charge < -0.3 is 0 Å². The van der Waals surface area contributed by atoms with Crippen LogP contribution < -0.4 is 0 Å². The fraction of sp³-hybridized carbons (Fsp3) is 0.545. The first kappa shape index (κ1) is 12.9. The lowest BCUT2D eigenvalue weighted by molar-refractivity contribution is 0.381. The first-order valence-corrected chi connectivity index (χ1v) is 7.38. The van der Waals surface area contributed by atoms with Gasteiger partial charge in [-0.15, -0.1) is 0 Å². The van der Waals surface area contributed by atoms with E-state index in [4.69, 9.17) is 5.26 Å². The Bertz CT molecular complexity index is 565. The van der Waals surface area contributed by atoms with E-state index in [1.165, 1.54) is 4.31 Å². The van der Waals surface area contributed by atoms with Crippen molar-refractivity contribution in [2.75, 3.05) is 12.3 Å². The summed E-state index contributed by atoms with van der Waals surface area (Å²) in [6, 6.07) is 1.95. The van der Waals surface area contributed by atoms with Gasteiger partial charge in [0.25, 0.3) is 0 Å². The summed E-state index contributed by atoms with van der Waals surface area (Å²) in [5, 5.41) is 8.43. The van der Waals surface area contributed by atoms with Crippen LogP contribution in [0.15, 0.2) is 12.4 Å². The maximum Gasteiger partial charge on any atom is 0.214 e. The monoisotopic (exact) mass is 266 g/mol. The summed E-state index contributed by atoms with van der Waals surface area (Å²) >= 11 is 0. The Hall–Kier alpha value is -1.52. The molecule has 18 heavy (non-hydrogen) atoms. The van der Waals surface area contributed by atoms with E-state index < -0.39 is 10.0 Å². The van der Waals surface area contributed by atoms with Crippen LogP contribution in [0.1, 0.15) is 24.2 Å². The molecule has 1 aromatic heterocycles. The van der Waals surface area contributed by atoms with Gasteiger partial charge in [-0.05, 0) is 6.42 Å². The number of sulfonamides is 1. The fourth-order valence-corrected chi connectivity index (χ4v) is 3.37. The molecule has 0 saturated heterocycles. The van der Waals surface area contributed by atoms with Crippen LogP contribution in [0.4, 0.5) is 0 Å². The number of rotatable bonds is 4. The third-order valence-electron chi connectivity index (χ3n) is 2.87. The third-order valence-corrected chi connectivity index (χ3v) is 4.77. The van der Waals surface area contributed by atoms with Crippen molar-refractivity contribution >= 4 is 10.0 Å². The van der Waals surface area contributed by atoms with Gasteiger partial charge >= 0.3 is 0 Å². The zero-order chi connectivity index (χ0) is 13.0. The highest BCUT2D eigenvalue weighted by Crippen LogP contribution is 2.18. The highest BCUT2D eigenvalue weighted by Gasteiger charge is 2.27. The molecule has 0 aliphatic carbocycles. The number of hydrogen-bond donors (Lipinski definition) is 0. The number of unbranched alkanes of at least 4 members (excludes halogenated alkanes) is 1. The summed E-state index contributed by atoms with van der Waals surface area (Å²) in [5.41, 5.74) is 1.61. The Labute approximate surface area is 106 Å². The van der Waals surface area contributed by atoms with Gasteiger partial charge in [0.05, 0.1) is 29.8 Å². The van der Waals surface area contributed by atoms with E-state index in [1.807, 2.05) is 6.07 Å². The highest BCUT2D eigenvalue weighted by molar-refractivity contribution is 7.89. The van der Waals surface area contributed by atoms with Crippen LogP contribution in [0.2, 0.25) is 0 Å². The first-order chi connectivity index (χ1) is 8.63. The molecular weight excluding hydrogens is 252 g/mol. The van der Waals surface area contributed by atoms with Crippen molar-refractivity contribution in [1.29, 1.82) is 5.26 Å². The van der Waals surface area contributed by atoms with Crippen molar-refractivity contribution < 1.29 is 8.42 Å². The second-order valence-electron chi connectivity index (χ2n) is 4.11. The summed E-state index contributed by atoms with van der Waals surface area (Å²) in [6.07, 6.45) is 4.44. The molecule has 96 valence electrons. The van der Waals surface area contributed by atoms with Gasteiger partial charge in [-0.2, -0.15) is 9.57 Å². The molecular formula is C11H14N4O2S. The van der Waals surface area contributed by atoms with Gasteiger partial charge in [0.15, 0.2) is 0 Å². The van der Waals surface area contributed by atoms with E-state index in [1.54, 1.807) is 12.4 Å². The molecule has 0 amide bonds. The number of aromatic nitrogens is 2.